The van der Waals surface area contributed by atoms with Gasteiger partial charge in [0.2, 0.25) is 0 Å². The van der Waals surface area contributed by atoms with Gasteiger partial charge in [0.25, 0.3) is 0 Å². The third-order valence-corrected chi connectivity index (χ3v) is 10.5. The molecule has 0 amide bonds. The Bertz CT molecular complexity index is 2860. The van der Waals surface area contributed by atoms with Crippen molar-refractivity contribution in [1.29, 1.82) is 0 Å². The van der Waals surface area contributed by atoms with E-state index < -0.39 is 0 Å². The second kappa shape index (κ2) is 23.1. The third kappa shape index (κ3) is 11.4. The Morgan fingerprint density at radius 3 is 1.84 bits per heavy atom. The minimum atomic E-state index is 0.944. The van der Waals surface area contributed by atoms with E-state index in [4.69, 9.17) is 11.7 Å². The van der Waals surface area contributed by atoms with Crippen LogP contribution in [0.4, 0.5) is 0 Å². The van der Waals surface area contributed by atoms with Crippen LogP contribution in [0.15, 0.2) is 206 Å². The van der Waals surface area contributed by atoms with Crippen LogP contribution < -0.4 is 10.6 Å². The Labute approximate surface area is 370 Å². The number of aryl methyl sites for hydroxylation is 1. The molecule has 5 aromatic carbocycles. The number of para-hydroxylation sites is 1. The number of hydrogen-bond donors (Lipinski definition) is 0. The van der Waals surface area contributed by atoms with E-state index in [1.165, 1.54) is 27.8 Å². The number of fused-ring (bicyclic) bond motifs is 3. The quantitative estimate of drug-likeness (QED) is 0.113. The van der Waals surface area contributed by atoms with Gasteiger partial charge in [-0.05, 0) is 134 Å². The smallest absolute Gasteiger partial charge is 0.0748 e. The zero-order valence-electron chi connectivity index (χ0n) is 38.1. The summed E-state index contributed by atoms with van der Waals surface area (Å²) in [5, 5.41) is 9.03. The van der Waals surface area contributed by atoms with Gasteiger partial charge >= 0.3 is 0 Å². The number of hydrogen-bond acceptors (Lipinski definition) is 1. The topological polar surface area (TPSA) is 22.8 Å². The monoisotopic (exact) mass is 814 g/mol. The van der Waals surface area contributed by atoms with E-state index in [0.29, 0.717) is 0 Å². The van der Waals surface area contributed by atoms with E-state index in [0.717, 1.165) is 73.3 Å². The molecule has 0 radical (unpaired) electrons. The van der Waals surface area contributed by atoms with Gasteiger partial charge in [-0.3, -0.25) is 0 Å². The van der Waals surface area contributed by atoms with E-state index in [9.17, 15) is 0 Å². The van der Waals surface area contributed by atoms with Crippen LogP contribution in [-0.2, 0) is 0 Å². The van der Waals surface area contributed by atoms with Crippen molar-refractivity contribution in [2.24, 2.45) is 0 Å². The predicted octanol–water partition coefficient (Wildman–Crippen LogP) is 15.3. The van der Waals surface area contributed by atoms with Gasteiger partial charge < -0.3 is 4.57 Å². The van der Waals surface area contributed by atoms with E-state index >= 15 is 0 Å². The molecular formula is C59H63N3. The zero-order chi connectivity index (χ0) is 44.4. The number of benzene rings is 5. The lowest BCUT2D eigenvalue weighted by atomic mass is 9.96. The summed E-state index contributed by atoms with van der Waals surface area (Å²) in [6.45, 7) is 25.6. The first kappa shape index (κ1) is 46.1. The fourth-order valence-corrected chi connectivity index (χ4v) is 7.20. The lowest BCUT2D eigenvalue weighted by Gasteiger charge is -2.11. The summed E-state index contributed by atoms with van der Waals surface area (Å²) in [5.74, 6) is 0. The highest BCUT2D eigenvalue weighted by molar-refractivity contribution is 6.06. The van der Waals surface area contributed by atoms with Crippen LogP contribution >= 0.6 is 0 Å². The highest BCUT2D eigenvalue weighted by atomic mass is 15.3. The van der Waals surface area contributed by atoms with Gasteiger partial charge in [-0.25, -0.2) is 4.68 Å². The molecule has 2 heterocycles. The van der Waals surface area contributed by atoms with E-state index in [-0.39, 0.29) is 0 Å². The second-order valence-electron chi connectivity index (χ2n) is 15.0. The molecule has 0 aliphatic heterocycles. The molecule has 0 saturated carbocycles. The molecule has 314 valence electrons. The molecule has 0 aliphatic rings. The fourth-order valence-electron chi connectivity index (χ4n) is 7.20. The molecule has 0 unspecified atom stereocenters. The summed E-state index contributed by atoms with van der Waals surface area (Å²) in [6, 6.07) is 40.9. The molecule has 3 nitrogen and oxygen atoms in total. The van der Waals surface area contributed by atoms with E-state index in [1.54, 1.807) is 0 Å². The number of nitrogens with zero attached hydrogens (tertiary/aromatic N) is 3. The largest absolute Gasteiger partial charge is 0.309 e. The first-order valence-electron chi connectivity index (χ1n) is 21.9. The molecule has 0 bridgehead atoms. The molecular weight excluding hydrogens is 751 g/mol. The Morgan fingerprint density at radius 1 is 0.629 bits per heavy atom. The SMILES string of the molecule is C=C(/C=C\C=C/C)\C=C/C(C)=C(C)/C=c1\c(=C)c2c3cnn(-c4ccccc4)c3ccc2n1-c1ccc(-c2cc(C)cc(-c3ccccc3)c2)cc1.CC.CC/C=C\C=C/CC. The fraction of sp³-hybridized carbons (Fsp3) is 0.169. The van der Waals surface area contributed by atoms with Gasteiger partial charge in [0.1, 0.15) is 0 Å². The van der Waals surface area contributed by atoms with E-state index in [2.05, 4.69) is 185 Å². The highest BCUT2D eigenvalue weighted by Gasteiger charge is 2.16. The highest BCUT2D eigenvalue weighted by Crippen LogP contribution is 2.30. The molecule has 2 aromatic heterocycles. The van der Waals surface area contributed by atoms with Crippen LogP contribution in [0, 0.1) is 6.92 Å². The molecule has 7 aromatic rings. The first-order chi connectivity index (χ1) is 30.2. The normalized spacial score (nSPS) is 12.5. The standard InChI is InChI=1S/C49H43N3.C8H14.C2H6/c1-7-8-11-16-34(2)21-22-36(4)37(5)31-48-38(6)49-45-33-50-52(44-19-14-10-15-20-44)46(45)27-28-47(49)51(48)43-25-23-40(24-26-43)42-30-35(3)29-41(32-42)39-17-12-9-13-18-39;1-3-5-7-8-6-4-2;1-2/h7-33H,2,6H2,1,3-5H3;5-8H,3-4H2,1-2H3;1-2H3/b8-7-,16-11-,22-21-,37-36+,48-31+;7-5-,8-6-;. The van der Waals surface area contributed by atoms with Crippen LogP contribution in [-0.4, -0.2) is 14.3 Å². The van der Waals surface area contributed by atoms with Gasteiger partial charge in [-0.15, -0.1) is 0 Å². The van der Waals surface area contributed by atoms with Crippen molar-refractivity contribution < 1.29 is 0 Å². The maximum absolute atomic E-state index is 4.84. The van der Waals surface area contributed by atoms with Gasteiger partial charge in [-0.2, -0.15) is 5.10 Å². The number of rotatable bonds is 12. The molecule has 0 spiro atoms. The van der Waals surface area contributed by atoms with Crippen molar-refractivity contribution in [2.45, 2.75) is 68.2 Å². The van der Waals surface area contributed by atoms with Gasteiger partial charge in [0.15, 0.2) is 0 Å². The van der Waals surface area contributed by atoms with Crippen molar-refractivity contribution >= 4 is 34.5 Å². The van der Waals surface area contributed by atoms with Gasteiger partial charge in [0, 0.05) is 21.7 Å². The first-order valence-corrected chi connectivity index (χ1v) is 21.9. The Morgan fingerprint density at radius 2 is 1.23 bits per heavy atom. The Hall–Kier alpha value is -6.97. The van der Waals surface area contributed by atoms with Crippen LogP contribution in [0.5, 0.6) is 0 Å². The summed E-state index contributed by atoms with van der Waals surface area (Å²) >= 11 is 0. The number of aromatic nitrogens is 3. The molecule has 0 atom stereocenters. The molecule has 62 heavy (non-hydrogen) atoms. The van der Waals surface area contributed by atoms with Crippen LogP contribution in [0.25, 0.3) is 68.1 Å². The molecule has 7 rings (SSSR count). The van der Waals surface area contributed by atoms with Crippen molar-refractivity contribution in [3.05, 3.63) is 222 Å². The molecule has 0 saturated heterocycles. The van der Waals surface area contributed by atoms with Gasteiger partial charge in [-0.1, -0.05) is 174 Å². The molecule has 0 N–H and O–H groups in total. The lowest BCUT2D eigenvalue weighted by molar-refractivity contribution is 0.911. The minimum Gasteiger partial charge on any atom is -0.309 e. The second-order valence-corrected chi connectivity index (χ2v) is 15.0. The van der Waals surface area contributed by atoms with Crippen molar-refractivity contribution in [2.75, 3.05) is 0 Å². The van der Waals surface area contributed by atoms with Crippen molar-refractivity contribution in [1.82, 2.24) is 14.3 Å². The molecule has 0 fully saturated rings. The minimum absolute atomic E-state index is 0.944. The predicted molar refractivity (Wildman–Crippen MR) is 274 cm³/mol. The molecule has 3 heteroatoms. The van der Waals surface area contributed by atoms with Crippen molar-refractivity contribution in [3.63, 3.8) is 0 Å². The average Bonchev–Trinajstić information content (AvgIpc) is 3.86. The van der Waals surface area contributed by atoms with Gasteiger partial charge in [0.05, 0.1) is 28.3 Å². The Kier molecular flexibility index (Phi) is 17.2. The zero-order valence-corrected chi connectivity index (χ0v) is 38.1. The summed E-state index contributed by atoms with van der Waals surface area (Å²) in [6.07, 6.45) is 27.2. The van der Waals surface area contributed by atoms with Crippen LogP contribution in [0.2, 0.25) is 0 Å². The maximum Gasteiger partial charge on any atom is 0.0748 e. The Balaban J connectivity index is 0.000000654. The number of allylic oxidation sites excluding steroid dienone is 13. The third-order valence-electron chi connectivity index (χ3n) is 10.5. The van der Waals surface area contributed by atoms with E-state index in [1.807, 2.05) is 74.2 Å². The summed E-state index contributed by atoms with van der Waals surface area (Å²) in [5.41, 5.74) is 13.5. The van der Waals surface area contributed by atoms with Crippen LogP contribution in [0.1, 0.15) is 66.9 Å². The summed E-state index contributed by atoms with van der Waals surface area (Å²) < 4.78 is 4.35. The average molecular weight is 814 g/mol. The van der Waals surface area contributed by atoms with Crippen LogP contribution in [0.3, 0.4) is 0 Å². The van der Waals surface area contributed by atoms with Crippen molar-refractivity contribution in [3.8, 4) is 33.6 Å². The molecule has 0 aliphatic carbocycles. The summed E-state index contributed by atoms with van der Waals surface area (Å²) in [7, 11) is 0. The summed E-state index contributed by atoms with van der Waals surface area (Å²) in [4.78, 5) is 0. The lowest BCUT2D eigenvalue weighted by Crippen LogP contribution is -2.27. The maximum atomic E-state index is 4.84.